The fourth-order valence-corrected chi connectivity index (χ4v) is 5.45. The zero-order chi connectivity index (χ0) is 18.5. The molecule has 4 rings (SSSR count). The van der Waals surface area contributed by atoms with Crippen LogP contribution in [0.5, 0.6) is 0 Å². The molecule has 1 fully saturated rings. The largest absolute Gasteiger partial charge is 0.321 e. The fraction of sp³-hybridized carbons (Fsp3) is 0.300. The molecule has 1 saturated heterocycles. The standard InChI is InChI=1S/C20H21N3OS3/c24-19(18-14-27-20(22-18)16-6-10-26-13-16)21-17-3-1-15(2-4-17)5-7-23-8-11-25-12-9-23/h1-4,6,10,13-14H,5,7-9,11-12H2,(H,21,24). The van der Waals surface area contributed by atoms with Crippen LogP contribution in [0.2, 0.25) is 0 Å². The Morgan fingerprint density at radius 3 is 2.67 bits per heavy atom. The number of thiazole rings is 1. The number of anilines is 1. The molecule has 2 aromatic heterocycles. The second kappa shape index (κ2) is 9.01. The molecule has 0 unspecified atom stereocenters. The smallest absolute Gasteiger partial charge is 0.275 e. The number of hydrogen-bond acceptors (Lipinski definition) is 6. The zero-order valence-electron chi connectivity index (χ0n) is 14.9. The third kappa shape index (κ3) is 4.99. The van der Waals surface area contributed by atoms with Crippen molar-refractivity contribution >= 4 is 46.0 Å². The van der Waals surface area contributed by atoms with E-state index in [1.807, 2.05) is 46.1 Å². The Hall–Kier alpha value is -1.67. The van der Waals surface area contributed by atoms with Crippen LogP contribution in [-0.2, 0) is 6.42 Å². The van der Waals surface area contributed by atoms with Gasteiger partial charge in [0.25, 0.3) is 5.91 Å². The van der Waals surface area contributed by atoms with E-state index in [0.29, 0.717) is 5.69 Å². The third-order valence-corrected chi connectivity index (χ3v) is 7.05. The highest BCUT2D eigenvalue weighted by Gasteiger charge is 2.13. The molecule has 4 nitrogen and oxygen atoms in total. The molecule has 3 aromatic rings. The Labute approximate surface area is 171 Å². The lowest BCUT2D eigenvalue weighted by molar-refractivity contribution is 0.102. The van der Waals surface area contributed by atoms with Crippen molar-refractivity contribution in [2.75, 3.05) is 36.5 Å². The van der Waals surface area contributed by atoms with Gasteiger partial charge >= 0.3 is 0 Å². The summed E-state index contributed by atoms with van der Waals surface area (Å²) in [4.78, 5) is 19.4. The van der Waals surface area contributed by atoms with Crippen LogP contribution in [0.4, 0.5) is 5.69 Å². The fourth-order valence-electron chi connectivity index (χ4n) is 2.96. The van der Waals surface area contributed by atoms with Crippen molar-refractivity contribution < 1.29 is 4.79 Å². The summed E-state index contributed by atoms with van der Waals surface area (Å²) in [5, 5.41) is 9.70. The van der Waals surface area contributed by atoms with Gasteiger partial charge in [0.1, 0.15) is 10.7 Å². The predicted octanol–water partition coefficient (Wildman–Crippen LogP) is 4.72. The molecule has 1 amide bonds. The van der Waals surface area contributed by atoms with E-state index in [-0.39, 0.29) is 5.91 Å². The van der Waals surface area contributed by atoms with Crippen LogP contribution in [0.25, 0.3) is 10.6 Å². The molecule has 3 heterocycles. The number of rotatable bonds is 6. The second-order valence-electron chi connectivity index (χ2n) is 6.40. The number of nitrogens with zero attached hydrogens (tertiary/aromatic N) is 2. The maximum Gasteiger partial charge on any atom is 0.275 e. The Morgan fingerprint density at radius 1 is 1.11 bits per heavy atom. The van der Waals surface area contributed by atoms with Gasteiger partial charge in [-0.25, -0.2) is 4.98 Å². The zero-order valence-corrected chi connectivity index (χ0v) is 17.3. The van der Waals surface area contributed by atoms with Gasteiger partial charge in [-0.3, -0.25) is 4.79 Å². The SMILES string of the molecule is O=C(Nc1ccc(CCN2CCSCC2)cc1)c1csc(-c2ccsc2)n1. The number of nitrogens with one attached hydrogen (secondary N) is 1. The van der Waals surface area contributed by atoms with Gasteiger partial charge in [0.15, 0.2) is 0 Å². The van der Waals surface area contributed by atoms with E-state index in [1.165, 1.54) is 41.5 Å². The van der Waals surface area contributed by atoms with Crippen molar-refractivity contribution in [3.63, 3.8) is 0 Å². The molecule has 0 spiro atoms. The van der Waals surface area contributed by atoms with Gasteiger partial charge in [-0.1, -0.05) is 12.1 Å². The van der Waals surface area contributed by atoms with Crippen molar-refractivity contribution in [1.82, 2.24) is 9.88 Å². The van der Waals surface area contributed by atoms with E-state index >= 15 is 0 Å². The number of thioether (sulfide) groups is 1. The van der Waals surface area contributed by atoms with Crippen LogP contribution in [-0.4, -0.2) is 46.9 Å². The van der Waals surface area contributed by atoms with Crippen molar-refractivity contribution in [2.24, 2.45) is 0 Å². The average molecular weight is 416 g/mol. The number of benzene rings is 1. The molecule has 7 heteroatoms. The predicted molar refractivity (Wildman–Crippen MR) is 117 cm³/mol. The molecule has 1 aliphatic heterocycles. The van der Waals surface area contributed by atoms with Crippen LogP contribution in [0.3, 0.4) is 0 Å². The highest BCUT2D eigenvalue weighted by Crippen LogP contribution is 2.26. The number of hydrogen-bond donors (Lipinski definition) is 1. The lowest BCUT2D eigenvalue weighted by Crippen LogP contribution is -2.34. The third-order valence-electron chi connectivity index (χ3n) is 4.54. The number of aromatic nitrogens is 1. The molecule has 1 N–H and O–H groups in total. The quantitative estimate of drug-likeness (QED) is 0.633. The number of thiophene rings is 1. The number of carbonyl (C=O) groups excluding carboxylic acids is 1. The first kappa shape index (κ1) is 18.7. The van der Waals surface area contributed by atoms with Gasteiger partial charge in [-0.2, -0.15) is 23.1 Å². The van der Waals surface area contributed by atoms with Crippen LogP contribution in [0.1, 0.15) is 16.1 Å². The van der Waals surface area contributed by atoms with Crippen LogP contribution >= 0.6 is 34.4 Å². The van der Waals surface area contributed by atoms with Crippen molar-refractivity contribution in [1.29, 1.82) is 0 Å². The Morgan fingerprint density at radius 2 is 1.93 bits per heavy atom. The molecular weight excluding hydrogens is 394 g/mol. The van der Waals surface area contributed by atoms with Crippen molar-refractivity contribution in [2.45, 2.75) is 6.42 Å². The maximum absolute atomic E-state index is 12.4. The average Bonchev–Trinajstić information content (AvgIpc) is 3.40. The number of carbonyl (C=O) groups is 1. The summed E-state index contributed by atoms with van der Waals surface area (Å²) in [7, 11) is 0. The first-order valence-corrected chi connectivity index (χ1v) is 11.9. The molecule has 0 aliphatic carbocycles. The lowest BCUT2D eigenvalue weighted by atomic mass is 10.1. The van der Waals surface area contributed by atoms with E-state index in [0.717, 1.165) is 29.2 Å². The van der Waals surface area contributed by atoms with Gasteiger partial charge in [-0.05, 0) is 35.6 Å². The molecular formula is C20H21N3OS3. The summed E-state index contributed by atoms with van der Waals surface area (Å²) in [6.07, 6.45) is 1.05. The summed E-state index contributed by atoms with van der Waals surface area (Å²) in [6.45, 7) is 3.50. The maximum atomic E-state index is 12.4. The Balaban J connectivity index is 1.32. The molecule has 0 radical (unpaired) electrons. The first-order valence-electron chi connectivity index (χ1n) is 8.96. The monoisotopic (exact) mass is 415 g/mol. The minimum Gasteiger partial charge on any atom is -0.321 e. The molecule has 1 aromatic carbocycles. The highest BCUT2D eigenvalue weighted by atomic mass is 32.2. The Kier molecular flexibility index (Phi) is 6.24. The molecule has 1 aliphatic rings. The van der Waals surface area contributed by atoms with Crippen LogP contribution in [0, 0.1) is 0 Å². The normalized spacial score (nSPS) is 15.0. The topological polar surface area (TPSA) is 45.2 Å². The molecule has 0 atom stereocenters. The summed E-state index contributed by atoms with van der Waals surface area (Å²) in [5.41, 5.74) is 3.65. The van der Waals surface area contributed by atoms with Crippen LogP contribution in [0.15, 0.2) is 46.5 Å². The van der Waals surface area contributed by atoms with Crippen molar-refractivity contribution in [3.05, 3.63) is 57.7 Å². The summed E-state index contributed by atoms with van der Waals surface area (Å²) in [6, 6.07) is 10.2. The van der Waals surface area contributed by atoms with Gasteiger partial charge in [0, 0.05) is 53.2 Å². The Bertz CT molecular complexity index is 868. The van der Waals surface area contributed by atoms with Crippen LogP contribution < -0.4 is 5.32 Å². The van der Waals surface area contributed by atoms with E-state index in [4.69, 9.17) is 0 Å². The summed E-state index contributed by atoms with van der Waals surface area (Å²) < 4.78 is 0. The van der Waals surface area contributed by atoms with Gasteiger partial charge in [0.2, 0.25) is 0 Å². The first-order chi connectivity index (χ1) is 13.3. The lowest BCUT2D eigenvalue weighted by Gasteiger charge is -2.26. The highest BCUT2D eigenvalue weighted by molar-refractivity contribution is 7.99. The molecule has 0 saturated carbocycles. The summed E-state index contributed by atoms with van der Waals surface area (Å²) in [5.74, 6) is 2.33. The minimum atomic E-state index is -0.161. The van der Waals surface area contributed by atoms with E-state index in [2.05, 4.69) is 27.3 Å². The second-order valence-corrected chi connectivity index (χ2v) is 9.27. The molecule has 27 heavy (non-hydrogen) atoms. The van der Waals surface area contributed by atoms with Gasteiger partial charge < -0.3 is 10.2 Å². The van der Waals surface area contributed by atoms with E-state index in [9.17, 15) is 4.79 Å². The van der Waals surface area contributed by atoms with Gasteiger partial charge in [0.05, 0.1) is 0 Å². The summed E-state index contributed by atoms with van der Waals surface area (Å²) >= 11 is 5.17. The minimum absolute atomic E-state index is 0.161. The van der Waals surface area contributed by atoms with Crippen molar-refractivity contribution in [3.8, 4) is 10.6 Å². The van der Waals surface area contributed by atoms with E-state index in [1.54, 1.807) is 11.3 Å². The van der Waals surface area contributed by atoms with Gasteiger partial charge in [-0.15, -0.1) is 11.3 Å². The van der Waals surface area contributed by atoms with E-state index < -0.39 is 0 Å². The number of amides is 1. The molecule has 140 valence electrons. The molecule has 0 bridgehead atoms.